The maximum absolute atomic E-state index is 14.5. The molecule has 2 aromatic carbocycles. The number of para-hydroxylation sites is 1. The molecule has 1 aromatic heterocycles. The molecule has 1 spiro atoms. The zero-order chi connectivity index (χ0) is 27.6. The number of pyridine rings is 1. The zero-order valence-corrected chi connectivity index (χ0v) is 22.0. The Bertz CT molecular complexity index is 1620. The van der Waals surface area contributed by atoms with Crippen molar-refractivity contribution in [1.29, 1.82) is 0 Å². The Morgan fingerprint density at radius 1 is 1.00 bits per heavy atom. The van der Waals surface area contributed by atoms with E-state index in [4.69, 9.17) is 0 Å². The molecule has 0 saturated carbocycles. The largest absolute Gasteiger partial charge is 0.360 e. The molecule has 3 amide bonds. The van der Waals surface area contributed by atoms with Gasteiger partial charge in [-0.2, -0.15) is 0 Å². The lowest BCUT2D eigenvalue weighted by Crippen LogP contribution is -2.57. The summed E-state index contributed by atoms with van der Waals surface area (Å²) in [5, 5.41) is 3.15. The predicted octanol–water partition coefficient (Wildman–Crippen LogP) is 2.36. The minimum Gasteiger partial charge on any atom is -0.360 e. The van der Waals surface area contributed by atoms with E-state index >= 15 is 0 Å². The first-order chi connectivity index (χ1) is 19.4. The number of benzene rings is 2. The van der Waals surface area contributed by atoms with Crippen molar-refractivity contribution in [2.75, 3.05) is 37.6 Å². The maximum atomic E-state index is 14.5. The molecule has 4 aliphatic heterocycles. The van der Waals surface area contributed by atoms with Gasteiger partial charge in [0.05, 0.1) is 5.92 Å². The predicted molar refractivity (Wildman–Crippen MR) is 146 cm³/mol. The van der Waals surface area contributed by atoms with Crippen LogP contribution < -0.4 is 15.6 Å². The average molecular weight is 544 g/mol. The first-order valence-electron chi connectivity index (χ1n) is 14.0. The fraction of sp³-hybridized carbons (Fsp3) is 0.400. The van der Waals surface area contributed by atoms with E-state index in [0.717, 1.165) is 36.7 Å². The molecule has 3 atom stereocenters. The van der Waals surface area contributed by atoms with Crippen LogP contribution in [0.3, 0.4) is 0 Å². The van der Waals surface area contributed by atoms with Crippen molar-refractivity contribution in [3.8, 4) is 0 Å². The molecule has 0 radical (unpaired) electrons. The molecule has 10 heteroatoms. The Balaban J connectivity index is 1.27. The van der Waals surface area contributed by atoms with E-state index in [1.54, 1.807) is 9.80 Å². The van der Waals surface area contributed by atoms with Crippen molar-refractivity contribution in [3.63, 3.8) is 0 Å². The van der Waals surface area contributed by atoms with Crippen LogP contribution in [0.2, 0.25) is 0 Å². The molecule has 2 N–H and O–H groups in total. The highest BCUT2D eigenvalue weighted by Crippen LogP contribution is 2.57. The molecule has 3 aromatic rings. The van der Waals surface area contributed by atoms with Crippen LogP contribution in [0.15, 0.2) is 53.5 Å². The monoisotopic (exact) mass is 543 g/mol. The lowest BCUT2D eigenvalue weighted by atomic mass is 9.78. The van der Waals surface area contributed by atoms with E-state index in [2.05, 4.69) is 15.2 Å². The second-order valence-electron chi connectivity index (χ2n) is 11.2. The second kappa shape index (κ2) is 9.26. The molecule has 3 saturated heterocycles. The van der Waals surface area contributed by atoms with Crippen LogP contribution in [0, 0.1) is 11.7 Å². The number of anilines is 1. The number of hydrogen-bond acceptors (Lipinski definition) is 5. The van der Waals surface area contributed by atoms with Crippen molar-refractivity contribution >= 4 is 34.3 Å². The number of carbonyl (C=O) groups excluding carboxylic acids is 3. The molecule has 4 aliphatic rings. The summed E-state index contributed by atoms with van der Waals surface area (Å²) in [5.74, 6) is -1.79. The smallest absolute Gasteiger partial charge is 0.259 e. The minimum absolute atomic E-state index is 0.0883. The van der Waals surface area contributed by atoms with Gasteiger partial charge in [-0.25, -0.2) is 4.39 Å². The molecule has 0 aliphatic carbocycles. The number of hydrogen-bond donors (Lipinski definition) is 2. The van der Waals surface area contributed by atoms with E-state index in [1.807, 2.05) is 24.3 Å². The van der Waals surface area contributed by atoms with Crippen molar-refractivity contribution < 1.29 is 18.8 Å². The molecular weight excluding hydrogens is 513 g/mol. The normalized spacial score (nSPS) is 26.6. The maximum Gasteiger partial charge on any atom is 0.259 e. The van der Waals surface area contributed by atoms with Gasteiger partial charge >= 0.3 is 0 Å². The summed E-state index contributed by atoms with van der Waals surface area (Å²) < 4.78 is 13.9. The molecular formula is C30H30FN5O4. The topological polar surface area (TPSA) is 106 Å². The third-order valence-electron chi connectivity index (χ3n) is 9.19. The van der Waals surface area contributed by atoms with Crippen molar-refractivity contribution in [2.45, 2.75) is 37.3 Å². The highest BCUT2D eigenvalue weighted by atomic mass is 19.1. The Kier molecular flexibility index (Phi) is 5.78. The van der Waals surface area contributed by atoms with Crippen LogP contribution in [0.25, 0.3) is 10.9 Å². The SMILES string of the molecule is O=C1NCCCN(C(=O)c2c[nH]c3ccc(F)cc3c2=O)CCN2C(=O)[C@@]3(c4ccccc42)[C@H]1C[C@@H]1CCCN13. The number of halogens is 1. The van der Waals surface area contributed by atoms with E-state index in [9.17, 15) is 23.6 Å². The van der Waals surface area contributed by atoms with Gasteiger partial charge < -0.3 is 20.1 Å². The van der Waals surface area contributed by atoms with Crippen molar-refractivity contribution in [2.24, 2.45) is 5.92 Å². The summed E-state index contributed by atoms with van der Waals surface area (Å²) in [6, 6.07) is 11.7. The summed E-state index contributed by atoms with van der Waals surface area (Å²) in [7, 11) is 0. The lowest BCUT2D eigenvalue weighted by molar-refractivity contribution is -0.139. The van der Waals surface area contributed by atoms with Crippen LogP contribution in [0.1, 0.15) is 41.6 Å². The molecule has 40 heavy (non-hydrogen) atoms. The molecule has 2 bridgehead atoms. The molecule has 7 rings (SSSR count). The Hall–Kier alpha value is -4.05. The first-order valence-corrected chi connectivity index (χ1v) is 14.0. The van der Waals surface area contributed by atoms with E-state index in [0.29, 0.717) is 24.9 Å². The van der Waals surface area contributed by atoms with Crippen molar-refractivity contribution in [1.82, 2.24) is 20.1 Å². The third kappa shape index (κ3) is 3.48. The number of nitrogens with zero attached hydrogens (tertiary/aromatic N) is 3. The molecule has 206 valence electrons. The van der Waals surface area contributed by atoms with Gasteiger partial charge in [0.2, 0.25) is 11.3 Å². The van der Waals surface area contributed by atoms with Crippen LogP contribution in [-0.4, -0.2) is 71.3 Å². The molecule has 9 nitrogen and oxygen atoms in total. The number of fused-ring (bicyclic) bond motifs is 5. The second-order valence-corrected chi connectivity index (χ2v) is 11.2. The van der Waals surface area contributed by atoms with E-state index in [-0.39, 0.29) is 48.4 Å². The number of nitrogens with one attached hydrogen (secondary N) is 2. The number of aromatic amines is 1. The summed E-state index contributed by atoms with van der Waals surface area (Å²) in [6.45, 7) is 1.83. The summed E-state index contributed by atoms with van der Waals surface area (Å²) in [5.41, 5.74) is 0.381. The van der Waals surface area contributed by atoms with Gasteiger partial charge in [0.25, 0.3) is 11.8 Å². The Morgan fingerprint density at radius 2 is 1.85 bits per heavy atom. The summed E-state index contributed by atoms with van der Waals surface area (Å²) >= 11 is 0. The van der Waals surface area contributed by atoms with Gasteiger partial charge in [-0.15, -0.1) is 0 Å². The van der Waals surface area contributed by atoms with Crippen molar-refractivity contribution in [3.05, 3.63) is 75.8 Å². The van der Waals surface area contributed by atoms with Crippen LogP contribution in [-0.2, 0) is 15.1 Å². The van der Waals surface area contributed by atoms with E-state index in [1.165, 1.54) is 18.3 Å². The fourth-order valence-electron chi connectivity index (χ4n) is 7.44. The standard InChI is InChI=1S/C30H30FN5O4/c31-18-8-9-24-20(15-18)26(37)21(17-33-24)28(39)34-11-4-10-32-27(38)23-16-19-5-3-12-36(19)30(23)22-6-1-2-7-25(22)35(14-13-34)29(30)40/h1-2,6-9,15,17,19,23H,3-5,10-14,16H2,(H,32,38)(H,33,37)/t19-,23-,30+/m0/s1. The Labute approximate surface area is 229 Å². The summed E-state index contributed by atoms with van der Waals surface area (Å²) in [6.07, 6.45) is 4.46. The third-order valence-corrected chi connectivity index (χ3v) is 9.19. The van der Waals surface area contributed by atoms with Crippen LogP contribution in [0.5, 0.6) is 0 Å². The number of H-pyrrole nitrogens is 1. The lowest BCUT2D eigenvalue weighted by Gasteiger charge is -2.37. The fourth-order valence-corrected chi connectivity index (χ4v) is 7.44. The van der Waals surface area contributed by atoms with Gasteiger partial charge in [0.15, 0.2) is 0 Å². The molecule has 0 unspecified atom stereocenters. The highest BCUT2D eigenvalue weighted by molar-refractivity contribution is 6.11. The van der Waals surface area contributed by atoms with Crippen LogP contribution in [0.4, 0.5) is 10.1 Å². The average Bonchev–Trinajstić information content (AvgIpc) is 3.61. The number of rotatable bonds is 1. The van der Waals surface area contributed by atoms with Crippen LogP contribution >= 0.6 is 0 Å². The van der Waals surface area contributed by atoms with Gasteiger partial charge in [0, 0.05) is 60.6 Å². The quantitative estimate of drug-likeness (QED) is 0.490. The summed E-state index contributed by atoms with van der Waals surface area (Å²) in [4.78, 5) is 63.5. The zero-order valence-electron chi connectivity index (χ0n) is 22.0. The minimum atomic E-state index is -1.05. The van der Waals surface area contributed by atoms with Gasteiger partial charge in [-0.3, -0.25) is 24.1 Å². The highest BCUT2D eigenvalue weighted by Gasteiger charge is 2.67. The van der Waals surface area contributed by atoms with Gasteiger partial charge in [-0.1, -0.05) is 18.2 Å². The van der Waals surface area contributed by atoms with Gasteiger partial charge in [0.1, 0.15) is 16.9 Å². The number of carbonyl (C=O) groups is 3. The molecule has 5 heterocycles. The van der Waals surface area contributed by atoms with Gasteiger partial charge in [-0.05, 0) is 56.5 Å². The number of aromatic nitrogens is 1. The first kappa shape index (κ1) is 25.0. The molecule has 3 fully saturated rings. The Morgan fingerprint density at radius 3 is 2.73 bits per heavy atom. The number of amides is 3. The van der Waals surface area contributed by atoms with E-state index < -0.39 is 28.6 Å².